The summed E-state index contributed by atoms with van der Waals surface area (Å²) in [5, 5.41) is 2.90. The monoisotopic (exact) mass is 444 g/mol. The Balaban J connectivity index is 1.51. The maximum Gasteiger partial charge on any atom is 0.251 e. The largest absolute Gasteiger partial charge is 0.384 e. The molecule has 0 saturated carbocycles. The molecular weight excluding hydrogens is 412 g/mol. The van der Waals surface area contributed by atoms with Gasteiger partial charge in [-0.2, -0.15) is 0 Å². The standard InChI is InChI=1S/C24H32N2O4S/c1-30-16-17-31(28,29)23-12-10-22(11-13-23)24(27)25-18-20-6-8-21(9-7-20)19-26-14-4-2-3-5-15-26/h6-13H,2-5,14-19H2,1H3,(H,25,27). The number of likely N-dealkylation sites (tertiary alicyclic amines) is 1. The number of hydrogen-bond acceptors (Lipinski definition) is 5. The predicted octanol–water partition coefficient (Wildman–Crippen LogP) is 3.41. The quantitative estimate of drug-likeness (QED) is 0.641. The Morgan fingerprint density at radius 3 is 2.16 bits per heavy atom. The van der Waals surface area contributed by atoms with Gasteiger partial charge < -0.3 is 10.1 Å². The molecule has 0 radical (unpaired) electrons. The Hall–Kier alpha value is -2.22. The van der Waals surface area contributed by atoms with Crippen LogP contribution in [0.15, 0.2) is 53.4 Å². The van der Waals surface area contributed by atoms with Crippen molar-refractivity contribution in [2.75, 3.05) is 32.6 Å². The van der Waals surface area contributed by atoms with Crippen molar-refractivity contribution in [1.29, 1.82) is 0 Å². The predicted molar refractivity (Wildman–Crippen MR) is 122 cm³/mol. The SMILES string of the molecule is COCCS(=O)(=O)c1ccc(C(=O)NCc2ccc(CN3CCCCCC3)cc2)cc1. The number of benzene rings is 2. The number of methoxy groups -OCH3 is 1. The number of nitrogens with one attached hydrogen (secondary N) is 1. The summed E-state index contributed by atoms with van der Waals surface area (Å²) in [6.07, 6.45) is 5.23. The Morgan fingerprint density at radius 1 is 0.935 bits per heavy atom. The molecule has 7 heteroatoms. The van der Waals surface area contributed by atoms with E-state index in [-0.39, 0.29) is 23.2 Å². The van der Waals surface area contributed by atoms with Crippen LogP contribution >= 0.6 is 0 Å². The molecule has 1 N–H and O–H groups in total. The average molecular weight is 445 g/mol. The van der Waals surface area contributed by atoms with Gasteiger partial charge in [0.1, 0.15) is 0 Å². The summed E-state index contributed by atoms with van der Waals surface area (Å²) in [5.41, 5.74) is 2.76. The third-order valence-corrected chi connectivity index (χ3v) is 7.31. The molecule has 168 valence electrons. The molecule has 1 aliphatic rings. The molecule has 2 aromatic carbocycles. The van der Waals surface area contributed by atoms with Crippen LogP contribution in [-0.4, -0.2) is 51.8 Å². The molecule has 0 bridgehead atoms. The zero-order valence-electron chi connectivity index (χ0n) is 18.2. The molecule has 2 aromatic rings. The van der Waals surface area contributed by atoms with E-state index in [1.807, 2.05) is 0 Å². The van der Waals surface area contributed by atoms with Gasteiger partial charge in [-0.1, -0.05) is 37.1 Å². The fourth-order valence-corrected chi connectivity index (χ4v) is 4.90. The van der Waals surface area contributed by atoms with E-state index in [9.17, 15) is 13.2 Å². The number of nitrogens with zero attached hydrogens (tertiary/aromatic N) is 1. The summed E-state index contributed by atoms with van der Waals surface area (Å²) < 4.78 is 29.2. The van der Waals surface area contributed by atoms with Crippen molar-refractivity contribution in [3.8, 4) is 0 Å². The molecule has 6 nitrogen and oxygen atoms in total. The van der Waals surface area contributed by atoms with E-state index in [1.165, 1.54) is 63.6 Å². The molecule has 1 fully saturated rings. The van der Waals surface area contributed by atoms with Gasteiger partial charge in [0.15, 0.2) is 9.84 Å². The maximum absolute atomic E-state index is 12.4. The van der Waals surface area contributed by atoms with Crippen LogP contribution < -0.4 is 5.32 Å². The highest BCUT2D eigenvalue weighted by atomic mass is 32.2. The minimum absolute atomic E-state index is 0.0806. The zero-order valence-corrected chi connectivity index (χ0v) is 19.0. The lowest BCUT2D eigenvalue weighted by atomic mass is 10.1. The van der Waals surface area contributed by atoms with E-state index < -0.39 is 9.84 Å². The van der Waals surface area contributed by atoms with Gasteiger partial charge in [0, 0.05) is 25.8 Å². The third-order valence-electron chi connectivity index (χ3n) is 5.61. The third kappa shape index (κ3) is 7.16. The van der Waals surface area contributed by atoms with Crippen LogP contribution in [0, 0.1) is 0 Å². The molecule has 0 aromatic heterocycles. The van der Waals surface area contributed by atoms with E-state index in [2.05, 4.69) is 34.5 Å². The van der Waals surface area contributed by atoms with Gasteiger partial charge in [0.2, 0.25) is 0 Å². The summed E-state index contributed by atoms with van der Waals surface area (Å²) in [6, 6.07) is 14.4. The van der Waals surface area contributed by atoms with E-state index in [0.29, 0.717) is 12.1 Å². The Labute approximate surface area is 185 Å². The van der Waals surface area contributed by atoms with Crippen LogP contribution in [0.1, 0.15) is 47.2 Å². The van der Waals surface area contributed by atoms with Crippen molar-refractivity contribution in [1.82, 2.24) is 10.2 Å². The first-order valence-corrected chi connectivity index (χ1v) is 12.5. The van der Waals surface area contributed by atoms with Gasteiger partial charge in [-0.25, -0.2) is 8.42 Å². The van der Waals surface area contributed by atoms with E-state index >= 15 is 0 Å². The van der Waals surface area contributed by atoms with Gasteiger partial charge >= 0.3 is 0 Å². The first-order valence-electron chi connectivity index (χ1n) is 10.9. The van der Waals surface area contributed by atoms with E-state index in [0.717, 1.165) is 12.1 Å². The van der Waals surface area contributed by atoms with Gasteiger partial charge in [0.25, 0.3) is 5.91 Å². The minimum atomic E-state index is -3.40. The Bertz CT molecular complexity index is 933. The van der Waals surface area contributed by atoms with Crippen LogP contribution in [0.3, 0.4) is 0 Å². The Kier molecular flexibility index (Phi) is 8.63. The van der Waals surface area contributed by atoms with Crippen LogP contribution in [0.25, 0.3) is 0 Å². The van der Waals surface area contributed by atoms with Gasteiger partial charge in [-0.05, 0) is 61.3 Å². The normalized spacial score (nSPS) is 15.4. The fraction of sp³-hybridized carbons (Fsp3) is 0.458. The lowest BCUT2D eigenvalue weighted by Crippen LogP contribution is -2.24. The molecule has 1 aliphatic heterocycles. The van der Waals surface area contributed by atoms with Crippen LogP contribution in [0.5, 0.6) is 0 Å². The summed E-state index contributed by atoms with van der Waals surface area (Å²) >= 11 is 0. The summed E-state index contributed by atoms with van der Waals surface area (Å²) in [7, 11) is -1.93. The van der Waals surface area contributed by atoms with Gasteiger partial charge in [0.05, 0.1) is 17.3 Å². The second kappa shape index (κ2) is 11.4. The number of hydrogen-bond donors (Lipinski definition) is 1. The lowest BCUT2D eigenvalue weighted by molar-refractivity contribution is 0.0951. The van der Waals surface area contributed by atoms with E-state index in [4.69, 9.17) is 4.74 Å². The second-order valence-corrected chi connectivity index (χ2v) is 10.1. The number of carbonyl (C=O) groups is 1. The number of rotatable bonds is 9. The topological polar surface area (TPSA) is 75.7 Å². The van der Waals surface area contributed by atoms with Crippen molar-refractivity contribution < 1.29 is 17.9 Å². The molecule has 1 heterocycles. The first kappa shape index (κ1) is 23.4. The maximum atomic E-state index is 12.4. The highest BCUT2D eigenvalue weighted by molar-refractivity contribution is 7.91. The average Bonchev–Trinajstić information content (AvgIpc) is 3.06. The first-order chi connectivity index (χ1) is 15.0. The highest BCUT2D eigenvalue weighted by Crippen LogP contribution is 2.15. The van der Waals surface area contributed by atoms with Crippen LogP contribution in [-0.2, 0) is 27.7 Å². The molecule has 1 amide bonds. The molecule has 0 unspecified atom stereocenters. The Morgan fingerprint density at radius 2 is 1.55 bits per heavy atom. The number of carbonyl (C=O) groups excluding carboxylic acids is 1. The molecule has 31 heavy (non-hydrogen) atoms. The number of amides is 1. The van der Waals surface area contributed by atoms with Crippen molar-refractivity contribution in [2.45, 2.75) is 43.7 Å². The minimum Gasteiger partial charge on any atom is -0.384 e. The van der Waals surface area contributed by atoms with Gasteiger partial charge in [-0.15, -0.1) is 0 Å². The summed E-state index contributed by atoms with van der Waals surface area (Å²) in [6.45, 7) is 3.89. The lowest BCUT2D eigenvalue weighted by Gasteiger charge is -2.19. The highest BCUT2D eigenvalue weighted by Gasteiger charge is 2.15. The van der Waals surface area contributed by atoms with Gasteiger partial charge in [-0.3, -0.25) is 9.69 Å². The van der Waals surface area contributed by atoms with Crippen molar-refractivity contribution in [2.24, 2.45) is 0 Å². The number of ether oxygens (including phenoxy) is 1. The van der Waals surface area contributed by atoms with Crippen molar-refractivity contribution in [3.63, 3.8) is 0 Å². The smallest absolute Gasteiger partial charge is 0.251 e. The summed E-state index contributed by atoms with van der Waals surface area (Å²) in [4.78, 5) is 15.1. The molecule has 3 rings (SSSR count). The molecule has 0 atom stereocenters. The van der Waals surface area contributed by atoms with Crippen molar-refractivity contribution in [3.05, 3.63) is 65.2 Å². The zero-order chi connectivity index (χ0) is 22.1. The van der Waals surface area contributed by atoms with Crippen molar-refractivity contribution >= 4 is 15.7 Å². The fourth-order valence-electron chi connectivity index (χ4n) is 3.72. The molecule has 0 aliphatic carbocycles. The van der Waals surface area contributed by atoms with E-state index in [1.54, 1.807) is 12.1 Å². The molecular formula is C24H32N2O4S. The van der Waals surface area contributed by atoms with Crippen LogP contribution in [0.2, 0.25) is 0 Å². The second-order valence-electron chi connectivity index (χ2n) is 8.03. The molecule has 0 spiro atoms. The number of sulfone groups is 1. The summed E-state index contributed by atoms with van der Waals surface area (Å²) in [5.74, 6) is -0.308. The molecule has 1 saturated heterocycles. The van der Waals surface area contributed by atoms with Crippen LogP contribution in [0.4, 0.5) is 0 Å².